The summed E-state index contributed by atoms with van der Waals surface area (Å²) in [5, 5.41) is 27.9. The summed E-state index contributed by atoms with van der Waals surface area (Å²) in [6.45, 7) is 2.60. The van der Waals surface area contributed by atoms with Gasteiger partial charge in [-0.3, -0.25) is 0 Å². The first-order valence-electron chi connectivity index (χ1n) is 5.30. The van der Waals surface area contributed by atoms with Gasteiger partial charge in [0, 0.05) is 18.8 Å². The van der Waals surface area contributed by atoms with Crippen LogP contribution in [0.1, 0.15) is 11.3 Å². The predicted molar refractivity (Wildman–Crippen MR) is 59.1 cm³/mol. The van der Waals surface area contributed by atoms with Crippen LogP contribution in [0.4, 0.5) is 5.82 Å². The molecule has 0 spiro atoms. The highest BCUT2D eigenvalue weighted by Crippen LogP contribution is 2.20. The largest absolute Gasteiger partial charge is 0.392 e. The van der Waals surface area contributed by atoms with Crippen LogP contribution < -0.4 is 4.90 Å². The van der Waals surface area contributed by atoms with Crippen molar-refractivity contribution in [2.24, 2.45) is 0 Å². The van der Waals surface area contributed by atoms with Gasteiger partial charge in [0.25, 0.3) is 0 Å². The Morgan fingerprint density at radius 1 is 1.31 bits per heavy atom. The zero-order valence-corrected chi connectivity index (χ0v) is 9.17. The lowest BCUT2D eigenvalue weighted by Gasteiger charge is -2.17. The van der Waals surface area contributed by atoms with Gasteiger partial charge in [-0.1, -0.05) is 6.07 Å². The van der Waals surface area contributed by atoms with E-state index in [4.69, 9.17) is 5.11 Å². The van der Waals surface area contributed by atoms with Gasteiger partial charge in [-0.25, -0.2) is 4.98 Å². The second-order valence-electron chi connectivity index (χ2n) is 4.11. The maximum absolute atomic E-state index is 9.44. The molecule has 0 aliphatic carbocycles. The quantitative estimate of drug-likeness (QED) is 0.627. The van der Waals surface area contributed by atoms with Crippen molar-refractivity contribution in [1.29, 1.82) is 0 Å². The Bertz CT molecular complexity index is 373. The van der Waals surface area contributed by atoms with E-state index in [-0.39, 0.29) is 6.61 Å². The Balaban J connectivity index is 2.19. The highest BCUT2D eigenvalue weighted by Gasteiger charge is 2.30. The second-order valence-corrected chi connectivity index (χ2v) is 4.11. The number of rotatable bonds is 2. The number of pyridine rings is 1. The van der Waals surface area contributed by atoms with E-state index < -0.39 is 12.2 Å². The molecule has 2 heterocycles. The summed E-state index contributed by atoms with van der Waals surface area (Å²) in [6, 6.07) is 3.61. The van der Waals surface area contributed by atoms with Crippen molar-refractivity contribution in [2.75, 3.05) is 18.0 Å². The normalized spacial score (nSPS) is 25.1. The van der Waals surface area contributed by atoms with E-state index >= 15 is 0 Å². The number of anilines is 1. The lowest BCUT2D eigenvalue weighted by molar-refractivity contribution is 0.0572. The van der Waals surface area contributed by atoms with E-state index in [1.165, 1.54) is 0 Å². The Morgan fingerprint density at radius 3 is 2.44 bits per heavy atom. The smallest absolute Gasteiger partial charge is 0.128 e. The molecular weight excluding hydrogens is 208 g/mol. The van der Waals surface area contributed by atoms with Crippen LogP contribution in [0.25, 0.3) is 0 Å². The van der Waals surface area contributed by atoms with Gasteiger partial charge in [0.15, 0.2) is 0 Å². The highest BCUT2D eigenvalue weighted by molar-refractivity contribution is 5.43. The summed E-state index contributed by atoms with van der Waals surface area (Å²) in [6.07, 6.45) is -1.42. The van der Waals surface area contributed by atoms with Crippen LogP contribution in [0.2, 0.25) is 0 Å². The van der Waals surface area contributed by atoms with Crippen LogP contribution in [0, 0.1) is 6.92 Å². The molecule has 2 unspecified atom stereocenters. The van der Waals surface area contributed by atoms with E-state index in [0.717, 1.165) is 17.1 Å². The van der Waals surface area contributed by atoms with Gasteiger partial charge in [-0.2, -0.15) is 0 Å². The number of aromatic nitrogens is 1. The predicted octanol–water partition coefficient (Wildman–Crippen LogP) is -0.576. The van der Waals surface area contributed by atoms with Gasteiger partial charge in [-0.05, 0) is 18.6 Å². The van der Waals surface area contributed by atoms with Crippen LogP contribution in [-0.4, -0.2) is 45.6 Å². The number of aliphatic hydroxyl groups is 3. The van der Waals surface area contributed by atoms with Gasteiger partial charge in [0.2, 0.25) is 0 Å². The van der Waals surface area contributed by atoms with Crippen LogP contribution in [0.15, 0.2) is 12.1 Å². The molecule has 5 heteroatoms. The van der Waals surface area contributed by atoms with E-state index in [2.05, 4.69) is 4.98 Å². The monoisotopic (exact) mass is 224 g/mol. The lowest BCUT2D eigenvalue weighted by atomic mass is 10.2. The minimum atomic E-state index is -0.709. The van der Waals surface area contributed by atoms with Crippen molar-refractivity contribution in [1.82, 2.24) is 4.98 Å². The van der Waals surface area contributed by atoms with Crippen LogP contribution in [0.3, 0.4) is 0 Å². The van der Waals surface area contributed by atoms with E-state index in [0.29, 0.717) is 13.1 Å². The Kier molecular flexibility index (Phi) is 3.09. The molecular formula is C11H16N2O3. The summed E-state index contributed by atoms with van der Waals surface area (Å²) >= 11 is 0. The minimum Gasteiger partial charge on any atom is -0.392 e. The van der Waals surface area contributed by atoms with Crippen molar-refractivity contribution in [3.63, 3.8) is 0 Å². The molecule has 0 saturated carbocycles. The molecule has 5 nitrogen and oxygen atoms in total. The highest BCUT2D eigenvalue weighted by atomic mass is 16.3. The molecule has 88 valence electrons. The SMILES string of the molecule is Cc1nc(N2CC(O)C(O)C2)ccc1CO. The molecule has 3 N–H and O–H groups in total. The fourth-order valence-corrected chi connectivity index (χ4v) is 1.88. The molecule has 2 rings (SSSR count). The Hall–Kier alpha value is -1.17. The van der Waals surface area contributed by atoms with Crippen LogP contribution in [-0.2, 0) is 6.61 Å². The van der Waals surface area contributed by atoms with Gasteiger partial charge < -0.3 is 20.2 Å². The lowest BCUT2D eigenvalue weighted by Crippen LogP contribution is -2.22. The van der Waals surface area contributed by atoms with Crippen molar-refractivity contribution in [2.45, 2.75) is 25.7 Å². The third-order valence-electron chi connectivity index (χ3n) is 2.93. The summed E-state index contributed by atoms with van der Waals surface area (Å²) in [7, 11) is 0. The van der Waals surface area contributed by atoms with E-state index in [1.807, 2.05) is 17.9 Å². The Labute approximate surface area is 94.0 Å². The molecule has 1 saturated heterocycles. The standard InChI is InChI=1S/C11H16N2O3/c1-7-8(6-14)2-3-11(12-7)13-4-9(15)10(16)5-13/h2-3,9-10,14-16H,4-6H2,1H3. The molecule has 1 fully saturated rings. The van der Waals surface area contributed by atoms with Crippen molar-refractivity contribution in [3.8, 4) is 0 Å². The topological polar surface area (TPSA) is 76.8 Å². The second kappa shape index (κ2) is 4.37. The zero-order valence-electron chi connectivity index (χ0n) is 9.17. The van der Waals surface area contributed by atoms with Crippen LogP contribution in [0.5, 0.6) is 0 Å². The van der Waals surface area contributed by atoms with Crippen molar-refractivity contribution < 1.29 is 15.3 Å². The van der Waals surface area contributed by atoms with Gasteiger partial charge >= 0.3 is 0 Å². The average Bonchev–Trinajstić information content (AvgIpc) is 2.59. The third kappa shape index (κ3) is 2.02. The van der Waals surface area contributed by atoms with E-state index in [9.17, 15) is 10.2 Å². The molecule has 1 aliphatic heterocycles. The maximum Gasteiger partial charge on any atom is 0.128 e. The van der Waals surface area contributed by atoms with Gasteiger partial charge in [-0.15, -0.1) is 0 Å². The van der Waals surface area contributed by atoms with Crippen molar-refractivity contribution >= 4 is 5.82 Å². The summed E-state index contributed by atoms with van der Waals surface area (Å²) < 4.78 is 0. The fraction of sp³-hybridized carbons (Fsp3) is 0.545. The fourth-order valence-electron chi connectivity index (χ4n) is 1.88. The molecule has 16 heavy (non-hydrogen) atoms. The summed E-state index contributed by atoms with van der Waals surface area (Å²) in [5.74, 6) is 0.727. The molecule has 0 amide bonds. The first kappa shape index (κ1) is 11.3. The molecule has 1 aliphatic rings. The van der Waals surface area contributed by atoms with E-state index in [1.54, 1.807) is 6.07 Å². The van der Waals surface area contributed by atoms with Crippen molar-refractivity contribution in [3.05, 3.63) is 23.4 Å². The zero-order chi connectivity index (χ0) is 11.7. The van der Waals surface area contributed by atoms with Gasteiger partial charge in [0.05, 0.1) is 18.8 Å². The molecule has 2 atom stereocenters. The first-order valence-corrected chi connectivity index (χ1v) is 5.30. The molecule has 1 aromatic rings. The van der Waals surface area contributed by atoms with Gasteiger partial charge in [0.1, 0.15) is 5.82 Å². The summed E-state index contributed by atoms with van der Waals surface area (Å²) in [5.41, 5.74) is 1.57. The summed E-state index contributed by atoms with van der Waals surface area (Å²) in [4.78, 5) is 6.18. The number of aryl methyl sites for hydroxylation is 1. The number of nitrogens with zero attached hydrogens (tertiary/aromatic N) is 2. The number of hydrogen-bond donors (Lipinski definition) is 3. The maximum atomic E-state index is 9.44. The number of hydrogen-bond acceptors (Lipinski definition) is 5. The Morgan fingerprint density at radius 2 is 1.94 bits per heavy atom. The molecule has 0 bridgehead atoms. The van der Waals surface area contributed by atoms with Crippen LogP contribution >= 0.6 is 0 Å². The molecule has 1 aromatic heterocycles. The number of β-amino-alcohol motifs (C(OH)–C–C–N with tert-alkyl or cyclic N) is 2. The third-order valence-corrected chi connectivity index (χ3v) is 2.93. The first-order chi connectivity index (χ1) is 7.61. The molecule has 0 aromatic carbocycles. The number of aliphatic hydroxyl groups excluding tert-OH is 3. The minimum absolute atomic E-state index is 0.0234. The molecule has 0 radical (unpaired) electrons. The average molecular weight is 224 g/mol.